The summed E-state index contributed by atoms with van der Waals surface area (Å²) >= 11 is 6.16. The Bertz CT molecular complexity index is 1290. The molecule has 0 saturated heterocycles. The molecule has 0 spiro atoms. The largest absolute Gasteiger partial charge is 0.337 e. The molecule has 0 N–H and O–H groups in total. The van der Waals surface area contributed by atoms with Crippen molar-refractivity contribution in [1.29, 1.82) is 0 Å². The maximum atomic E-state index is 13.3. The molecule has 0 saturated carbocycles. The monoisotopic (exact) mass is 408 g/mol. The molecule has 2 heterocycles. The highest BCUT2D eigenvalue weighted by atomic mass is 35.5. The smallest absolute Gasteiger partial charge is 0.320 e. The molecule has 148 valence electrons. The van der Waals surface area contributed by atoms with Crippen molar-refractivity contribution in [3.8, 4) is 5.69 Å². The van der Waals surface area contributed by atoms with Crippen molar-refractivity contribution < 1.29 is 0 Å². The van der Waals surface area contributed by atoms with Gasteiger partial charge >= 0.3 is 5.69 Å². The molecule has 2 aromatic carbocycles. The molecule has 4 aromatic rings. The van der Waals surface area contributed by atoms with E-state index in [4.69, 9.17) is 11.6 Å². The fourth-order valence-electron chi connectivity index (χ4n) is 3.45. The van der Waals surface area contributed by atoms with Crippen LogP contribution in [-0.2, 0) is 13.1 Å². The summed E-state index contributed by atoms with van der Waals surface area (Å²) in [6.45, 7) is 4.76. The Morgan fingerprint density at radius 3 is 2.48 bits per heavy atom. The van der Waals surface area contributed by atoms with Crippen LogP contribution in [0.25, 0.3) is 16.9 Å². The summed E-state index contributed by atoms with van der Waals surface area (Å²) in [5.74, 6) is 0.135. The minimum Gasteiger partial charge on any atom is -0.320 e. The lowest BCUT2D eigenvalue weighted by Crippen LogP contribution is -2.41. The predicted molar refractivity (Wildman–Crippen MR) is 115 cm³/mol. The van der Waals surface area contributed by atoms with E-state index < -0.39 is 5.69 Å². The highest BCUT2D eigenvalue weighted by Crippen LogP contribution is 2.18. The van der Waals surface area contributed by atoms with Crippen LogP contribution in [0.15, 0.2) is 70.5 Å². The van der Waals surface area contributed by atoms with Gasteiger partial charge in [-0.3, -0.25) is 9.36 Å². The van der Waals surface area contributed by atoms with Gasteiger partial charge < -0.3 is 4.57 Å². The highest BCUT2D eigenvalue weighted by molar-refractivity contribution is 6.30. The predicted octanol–water partition coefficient (Wildman–Crippen LogP) is 3.71. The van der Waals surface area contributed by atoms with Gasteiger partial charge in [-0.25, -0.2) is 14.3 Å². The lowest BCUT2D eigenvalue weighted by molar-refractivity contribution is 0.489. The van der Waals surface area contributed by atoms with Gasteiger partial charge in [-0.15, -0.1) is 0 Å². The number of nitrogens with zero attached hydrogens (tertiary/aromatic N) is 4. The maximum absolute atomic E-state index is 13.3. The number of hydrogen-bond donors (Lipinski definition) is 0. The third-order valence-corrected chi connectivity index (χ3v) is 4.95. The molecule has 0 radical (unpaired) electrons. The van der Waals surface area contributed by atoms with Crippen molar-refractivity contribution in [1.82, 2.24) is 18.7 Å². The van der Waals surface area contributed by atoms with Crippen molar-refractivity contribution >= 4 is 22.8 Å². The summed E-state index contributed by atoms with van der Waals surface area (Å²) < 4.78 is 4.55. The van der Waals surface area contributed by atoms with Crippen LogP contribution in [0.3, 0.4) is 0 Å². The van der Waals surface area contributed by atoms with Gasteiger partial charge in [0.1, 0.15) is 0 Å². The molecule has 0 amide bonds. The number of imidazole rings is 1. The van der Waals surface area contributed by atoms with Crippen LogP contribution < -0.4 is 11.2 Å². The fraction of sp³-hybridized carbons (Fsp3) is 0.227. The lowest BCUT2D eigenvalue weighted by Gasteiger charge is -2.14. The normalized spacial score (nSPS) is 11.4. The van der Waals surface area contributed by atoms with E-state index in [0.29, 0.717) is 35.0 Å². The van der Waals surface area contributed by atoms with Gasteiger partial charge in [0.25, 0.3) is 5.56 Å². The van der Waals surface area contributed by atoms with Gasteiger partial charge in [0.05, 0.1) is 12.0 Å². The zero-order chi connectivity index (χ0) is 20.5. The number of halogens is 1. The van der Waals surface area contributed by atoms with Crippen LogP contribution in [0.1, 0.15) is 19.4 Å². The van der Waals surface area contributed by atoms with Gasteiger partial charge in [0, 0.05) is 18.1 Å². The average molecular weight is 409 g/mol. The summed E-state index contributed by atoms with van der Waals surface area (Å²) in [4.78, 5) is 31.0. The number of hydrogen-bond acceptors (Lipinski definition) is 3. The quantitative estimate of drug-likeness (QED) is 0.505. The second kappa shape index (κ2) is 7.72. The lowest BCUT2D eigenvalue weighted by atomic mass is 10.2. The van der Waals surface area contributed by atoms with E-state index in [1.54, 1.807) is 35.2 Å². The maximum Gasteiger partial charge on any atom is 0.337 e. The minimum absolute atomic E-state index is 0.135. The Balaban J connectivity index is 2.02. The van der Waals surface area contributed by atoms with E-state index in [2.05, 4.69) is 4.98 Å². The second-order valence-electron chi connectivity index (χ2n) is 7.44. The SMILES string of the molecule is CC(C)Cn1c(=O)c2c(ncn2Cc2ccccc2)n(-c2cccc(Cl)c2)c1=O. The third-order valence-electron chi connectivity index (χ3n) is 4.71. The summed E-state index contributed by atoms with van der Waals surface area (Å²) in [5, 5.41) is 0.507. The average Bonchev–Trinajstić information content (AvgIpc) is 3.09. The van der Waals surface area contributed by atoms with Crippen molar-refractivity contribution in [2.75, 3.05) is 0 Å². The van der Waals surface area contributed by atoms with Crippen molar-refractivity contribution in [2.45, 2.75) is 26.9 Å². The molecule has 0 bridgehead atoms. The fourth-order valence-corrected chi connectivity index (χ4v) is 3.64. The molecular weight excluding hydrogens is 388 g/mol. The van der Waals surface area contributed by atoms with Gasteiger partial charge in [-0.05, 0) is 29.7 Å². The summed E-state index contributed by atoms with van der Waals surface area (Å²) in [7, 11) is 0. The molecule has 0 aliphatic carbocycles. The molecule has 0 aliphatic heterocycles. The molecule has 2 aromatic heterocycles. The Morgan fingerprint density at radius 2 is 1.79 bits per heavy atom. The van der Waals surface area contributed by atoms with Gasteiger partial charge in [0.2, 0.25) is 0 Å². The first kappa shape index (κ1) is 19.2. The standard InChI is InChI=1S/C22H21ClN4O2/c1-15(2)12-26-21(28)19-20(24-14-25(19)13-16-7-4-3-5-8-16)27(22(26)29)18-10-6-9-17(23)11-18/h3-11,14-15H,12-13H2,1-2H3. The van der Waals surface area contributed by atoms with E-state index in [1.807, 2.05) is 44.2 Å². The molecule has 0 fully saturated rings. The molecule has 29 heavy (non-hydrogen) atoms. The van der Waals surface area contributed by atoms with Gasteiger partial charge in [0.15, 0.2) is 11.2 Å². The van der Waals surface area contributed by atoms with E-state index in [9.17, 15) is 9.59 Å². The van der Waals surface area contributed by atoms with Crippen LogP contribution >= 0.6 is 11.6 Å². The topological polar surface area (TPSA) is 61.8 Å². The number of aromatic nitrogens is 4. The highest BCUT2D eigenvalue weighted by Gasteiger charge is 2.20. The Morgan fingerprint density at radius 1 is 1.03 bits per heavy atom. The van der Waals surface area contributed by atoms with Crippen molar-refractivity contribution in [3.05, 3.63) is 92.3 Å². The molecular formula is C22H21ClN4O2. The molecule has 0 aliphatic rings. The summed E-state index contributed by atoms with van der Waals surface area (Å²) in [5.41, 5.74) is 1.61. The molecule has 6 nitrogen and oxygen atoms in total. The molecule has 4 rings (SSSR count). The Kier molecular flexibility index (Phi) is 5.11. The first-order valence-corrected chi connectivity index (χ1v) is 9.84. The van der Waals surface area contributed by atoms with Crippen LogP contribution in [0.4, 0.5) is 0 Å². The van der Waals surface area contributed by atoms with E-state index in [1.165, 1.54) is 9.13 Å². The van der Waals surface area contributed by atoms with E-state index in [-0.39, 0.29) is 11.5 Å². The summed E-state index contributed by atoms with van der Waals surface area (Å²) in [6.07, 6.45) is 1.61. The van der Waals surface area contributed by atoms with Crippen LogP contribution in [-0.4, -0.2) is 18.7 Å². The third kappa shape index (κ3) is 3.63. The molecule has 0 atom stereocenters. The molecule has 7 heteroatoms. The van der Waals surface area contributed by atoms with Crippen LogP contribution in [0.2, 0.25) is 5.02 Å². The van der Waals surface area contributed by atoms with E-state index in [0.717, 1.165) is 5.56 Å². The van der Waals surface area contributed by atoms with Gasteiger partial charge in [-0.2, -0.15) is 0 Å². The van der Waals surface area contributed by atoms with Crippen LogP contribution in [0.5, 0.6) is 0 Å². The first-order chi connectivity index (χ1) is 14.0. The first-order valence-electron chi connectivity index (χ1n) is 9.46. The zero-order valence-electron chi connectivity index (χ0n) is 16.2. The van der Waals surface area contributed by atoms with Crippen LogP contribution in [0, 0.1) is 5.92 Å². The second-order valence-corrected chi connectivity index (χ2v) is 7.87. The van der Waals surface area contributed by atoms with Crippen molar-refractivity contribution in [2.24, 2.45) is 5.92 Å². The number of benzene rings is 2. The molecule has 0 unspecified atom stereocenters. The minimum atomic E-state index is -0.413. The van der Waals surface area contributed by atoms with Crippen molar-refractivity contribution in [3.63, 3.8) is 0 Å². The Labute approximate surface area is 172 Å². The van der Waals surface area contributed by atoms with Gasteiger partial charge in [-0.1, -0.05) is 61.8 Å². The number of rotatable bonds is 5. The Hall–Kier alpha value is -3.12. The zero-order valence-corrected chi connectivity index (χ0v) is 17.0. The summed E-state index contributed by atoms with van der Waals surface area (Å²) in [6, 6.07) is 16.8. The van der Waals surface area contributed by atoms with E-state index >= 15 is 0 Å². The number of fused-ring (bicyclic) bond motifs is 1.